The lowest BCUT2D eigenvalue weighted by Crippen LogP contribution is -2.46. The second-order valence-electron chi connectivity index (χ2n) is 6.52. The van der Waals surface area contributed by atoms with E-state index in [4.69, 9.17) is 0 Å². The number of carbonyl (C=O) groups is 3. The Morgan fingerprint density at radius 1 is 1.11 bits per heavy atom. The lowest BCUT2D eigenvalue weighted by Gasteiger charge is -2.22. The van der Waals surface area contributed by atoms with Crippen molar-refractivity contribution in [3.8, 4) is 0 Å². The Bertz CT molecular complexity index is 946. The molecule has 0 atom stereocenters. The summed E-state index contributed by atoms with van der Waals surface area (Å²) < 4.78 is 0.759. The summed E-state index contributed by atoms with van der Waals surface area (Å²) in [4.78, 5) is 47.9. The lowest BCUT2D eigenvalue weighted by molar-refractivity contribution is -0.120. The quantitative estimate of drug-likeness (QED) is 0.740. The van der Waals surface area contributed by atoms with Crippen LogP contribution in [0, 0.1) is 0 Å². The van der Waals surface area contributed by atoms with Crippen LogP contribution in [0.15, 0.2) is 29.1 Å². The van der Waals surface area contributed by atoms with E-state index in [1.807, 2.05) is 0 Å². The Hall–Kier alpha value is -3.23. The van der Waals surface area contributed by atoms with Crippen molar-refractivity contribution in [3.63, 3.8) is 0 Å². The lowest BCUT2D eigenvalue weighted by atomic mass is 9.96. The highest BCUT2D eigenvalue weighted by atomic mass is 16.4. The molecule has 1 aromatic heterocycles. The molecule has 1 aliphatic rings. The molecule has 27 heavy (non-hydrogen) atoms. The third-order valence-electron chi connectivity index (χ3n) is 4.56. The normalized spacial score (nSPS) is 14.7. The van der Waals surface area contributed by atoms with Crippen LogP contribution >= 0.6 is 0 Å². The van der Waals surface area contributed by atoms with Gasteiger partial charge in [-0.1, -0.05) is 37.5 Å². The van der Waals surface area contributed by atoms with Crippen LogP contribution in [0.5, 0.6) is 0 Å². The first kappa shape index (κ1) is 18.6. The maximum absolute atomic E-state index is 12.5. The van der Waals surface area contributed by atoms with Gasteiger partial charge in [0.05, 0.1) is 5.39 Å². The molecule has 1 aliphatic carbocycles. The standard InChI is InChI=1S/C18H20N4O5/c23-14(20-18(27)19-11-6-2-1-3-7-11)10-22-16(24)13-9-5-4-8-12(13)15(21-22)17(25)26/h4-5,8-9,11H,1-3,6-7,10H2,(H,25,26)(H2,19,20,23,27). The van der Waals surface area contributed by atoms with Gasteiger partial charge in [-0.25, -0.2) is 14.3 Å². The van der Waals surface area contributed by atoms with Crippen molar-refractivity contribution < 1.29 is 19.5 Å². The number of benzene rings is 1. The number of aromatic carboxylic acids is 1. The van der Waals surface area contributed by atoms with Crippen LogP contribution in [0.4, 0.5) is 4.79 Å². The van der Waals surface area contributed by atoms with Crippen LogP contribution in [0.25, 0.3) is 10.8 Å². The number of amides is 3. The van der Waals surface area contributed by atoms with E-state index in [2.05, 4.69) is 15.7 Å². The molecular weight excluding hydrogens is 352 g/mol. The molecule has 1 fully saturated rings. The largest absolute Gasteiger partial charge is 0.476 e. The van der Waals surface area contributed by atoms with Gasteiger partial charge in [-0.3, -0.25) is 14.9 Å². The van der Waals surface area contributed by atoms with E-state index < -0.39 is 30.0 Å². The van der Waals surface area contributed by atoms with Gasteiger partial charge >= 0.3 is 12.0 Å². The second-order valence-corrected chi connectivity index (χ2v) is 6.52. The maximum Gasteiger partial charge on any atom is 0.357 e. The summed E-state index contributed by atoms with van der Waals surface area (Å²) in [6, 6.07) is 5.55. The summed E-state index contributed by atoms with van der Waals surface area (Å²) in [7, 11) is 0. The minimum atomic E-state index is -1.31. The highest BCUT2D eigenvalue weighted by Gasteiger charge is 2.19. The monoisotopic (exact) mass is 372 g/mol. The highest BCUT2D eigenvalue weighted by Crippen LogP contribution is 2.17. The fourth-order valence-electron chi connectivity index (χ4n) is 3.27. The Morgan fingerprint density at radius 2 is 1.78 bits per heavy atom. The Kier molecular flexibility index (Phi) is 5.49. The number of rotatable bonds is 4. The van der Waals surface area contributed by atoms with Crippen LogP contribution < -0.4 is 16.2 Å². The average Bonchev–Trinajstić information content (AvgIpc) is 2.64. The maximum atomic E-state index is 12.5. The van der Waals surface area contributed by atoms with E-state index in [0.717, 1.165) is 36.8 Å². The van der Waals surface area contributed by atoms with Crippen LogP contribution in [0.2, 0.25) is 0 Å². The smallest absolute Gasteiger partial charge is 0.357 e. The summed E-state index contributed by atoms with van der Waals surface area (Å²) in [6.07, 6.45) is 4.95. The minimum absolute atomic E-state index is 0.0340. The van der Waals surface area contributed by atoms with Crippen LogP contribution in [0.1, 0.15) is 42.6 Å². The number of hydrogen-bond donors (Lipinski definition) is 3. The number of hydrogen-bond acceptors (Lipinski definition) is 5. The Labute approximate surface area is 154 Å². The van der Waals surface area contributed by atoms with Crippen molar-refractivity contribution in [2.24, 2.45) is 0 Å². The number of carboxylic acids is 1. The molecule has 0 aliphatic heterocycles. The van der Waals surface area contributed by atoms with Gasteiger partial charge in [0.15, 0.2) is 5.69 Å². The molecule has 142 valence electrons. The highest BCUT2D eigenvalue weighted by molar-refractivity contribution is 6.01. The molecule has 0 spiro atoms. The third-order valence-corrected chi connectivity index (χ3v) is 4.56. The van der Waals surface area contributed by atoms with Gasteiger partial charge in [0, 0.05) is 11.4 Å². The molecule has 0 radical (unpaired) electrons. The summed E-state index contributed by atoms with van der Waals surface area (Å²) in [5, 5.41) is 18.3. The molecule has 1 aromatic carbocycles. The zero-order valence-electron chi connectivity index (χ0n) is 14.6. The molecule has 2 aromatic rings. The molecule has 1 saturated carbocycles. The zero-order valence-corrected chi connectivity index (χ0v) is 14.6. The fourth-order valence-corrected chi connectivity index (χ4v) is 3.27. The van der Waals surface area contributed by atoms with Crippen molar-refractivity contribution in [2.45, 2.75) is 44.7 Å². The van der Waals surface area contributed by atoms with Crippen molar-refractivity contribution >= 4 is 28.7 Å². The number of nitrogens with zero attached hydrogens (tertiary/aromatic N) is 2. The molecule has 9 heteroatoms. The van der Waals surface area contributed by atoms with Gasteiger partial charge in [0.25, 0.3) is 5.56 Å². The van der Waals surface area contributed by atoms with Gasteiger partial charge in [0.2, 0.25) is 5.91 Å². The summed E-state index contributed by atoms with van der Waals surface area (Å²) >= 11 is 0. The van der Waals surface area contributed by atoms with Gasteiger partial charge < -0.3 is 10.4 Å². The Balaban J connectivity index is 1.74. The molecule has 1 heterocycles. The number of nitrogens with one attached hydrogen (secondary N) is 2. The first-order chi connectivity index (χ1) is 13.0. The van der Waals surface area contributed by atoms with Crippen molar-refractivity contribution in [1.29, 1.82) is 0 Å². The summed E-state index contributed by atoms with van der Waals surface area (Å²) in [6.45, 7) is -0.554. The topological polar surface area (TPSA) is 130 Å². The Morgan fingerprint density at radius 3 is 2.44 bits per heavy atom. The SMILES string of the molecule is O=C(Cn1nc(C(=O)O)c2ccccc2c1=O)NC(=O)NC1CCCCC1. The summed E-state index contributed by atoms with van der Waals surface area (Å²) in [5.41, 5.74) is -0.928. The molecule has 0 saturated heterocycles. The number of imide groups is 1. The minimum Gasteiger partial charge on any atom is -0.476 e. The molecule has 3 rings (SSSR count). The van der Waals surface area contributed by atoms with Crippen molar-refractivity contribution in [1.82, 2.24) is 20.4 Å². The first-order valence-electron chi connectivity index (χ1n) is 8.79. The molecule has 0 bridgehead atoms. The molecule has 3 N–H and O–H groups in total. The van der Waals surface area contributed by atoms with E-state index in [1.165, 1.54) is 12.1 Å². The molecular formula is C18H20N4O5. The summed E-state index contributed by atoms with van der Waals surface area (Å²) in [5.74, 6) is -2.06. The number of aromatic nitrogens is 2. The van der Waals surface area contributed by atoms with Gasteiger partial charge in [-0.05, 0) is 18.9 Å². The molecule has 0 unspecified atom stereocenters. The average molecular weight is 372 g/mol. The van der Waals surface area contributed by atoms with Gasteiger partial charge in [0.1, 0.15) is 6.54 Å². The van der Waals surface area contributed by atoms with Crippen LogP contribution in [0.3, 0.4) is 0 Å². The van der Waals surface area contributed by atoms with Crippen molar-refractivity contribution in [2.75, 3.05) is 0 Å². The first-order valence-corrected chi connectivity index (χ1v) is 8.79. The molecule has 3 amide bonds. The van der Waals surface area contributed by atoms with Crippen LogP contribution in [-0.2, 0) is 11.3 Å². The van der Waals surface area contributed by atoms with E-state index >= 15 is 0 Å². The number of urea groups is 1. The molecule has 9 nitrogen and oxygen atoms in total. The van der Waals surface area contributed by atoms with E-state index in [9.17, 15) is 24.3 Å². The van der Waals surface area contributed by atoms with E-state index in [0.29, 0.717) is 0 Å². The zero-order chi connectivity index (χ0) is 19.4. The predicted molar refractivity (Wildman–Crippen MR) is 96.5 cm³/mol. The van der Waals surface area contributed by atoms with Crippen molar-refractivity contribution in [3.05, 3.63) is 40.3 Å². The van der Waals surface area contributed by atoms with Gasteiger partial charge in [-0.15, -0.1) is 0 Å². The van der Waals surface area contributed by atoms with E-state index in [-0.39, 0.29) is 22.5 Å². The van der Waals surface area contributed by atoms with Crippen LogP contribution in [-0.4, -0.2) is 38.8 Å². The number of carboxylic acid groups (broad SMARTS) is 1. The second kappa shape index (κ2) is 7.98. The van der Waals surface area contributed by atoms with E-state index in [1.54, 1.807) is 12.1 Å². The fraction of sp³-hybridized carbons (Fsp3) is 0.389. The van der Waals surface area contributed by atoms with Gasteiger partial charge in [-0.2, -0.15) is 5.10 Å². The number of carbonyl (C=O) groups excluding carboxylic acids is 2. The number of fused-ring (bicyclic) bond motifs is 1. The predicted octanol–water partition coefficient (Wildman–Crippen LogP) is 1.25. The third kappa shape index (κ3) is 4.30.